The fourth-order valence-corrected chi connectivity index (χ4v) is 3.74. The minimum atomic E-state index is -0.101. The first-order chi connectivity index (χ1) is 12.1. The molecule has 1 atom stereocenters. The molecule has 25 heavy (non-hydrogen) atoms. The van der Waals surface area contributed by atoms with E-state index in [0.717, 1.165) is 30.5 Å². The number of hydrogen-bond acceptors (Lipinski definition) is 3. The molecular formula is C19H19ClN4O. The molecule has 1 amide bonds. The van der Waals surface area contributed by atoms with E-state index in [-0.39, 0.29) is 11.8 Å². The third-order valence-corrected chi connectivity index (χ3v) is 5.04. The summed E-state index contributed by atoms with van der Waals surface area (Å²) in [4.78, 5) is 19.2. The molecule has 4 rings (SSSR count). The number of aryl methyl sites for hydroxylation is 1. The molecule has 1 aliphatic heterocycles. The number of hydrogen-bond donors (Lipinski definition) is 0. The van der Waals surface area contributed by atoms with Gasteiger partial charge in [0.05, 0.1) is 5.02 Å². The highest BCUT2D eigenvalue weighted by molar-refractivity contribution is 6.33. The van der Waals surface area contributed by atoms with Gasteiger partial charge in [0.2, 0.25) is 0 Å². The maximum Gasteiger partial charge on any atom is 0.275 e. The van der Waals surface area contributed by atoms with Crippen LogP contribution in [0.4, 0.5) is 0 Å². The lowest BCUT2D eigenvalue weighted by atomic mass is 9.93. The summed E-state index contributed by atoms with van der Waals surface area (Å²) in [5, 5.41) is 6.92. The van der Waals surface area contributed by atoms with Crippen LogP contribution in [-0.4, -0.2) is 38.7 Å². The minimum absolute atomic E-state index is 0.101. The summed E-state index contributed by atoms with van der Waals surface area (Å²) in [5.41, 5.74) is 1.37. The lowest BCUT2D eigenvalue weighted by Gasteiger charge is -2.32. The SMILES string of the molecule is Cn1cc(Cl)c(C(=O)N2CCCC(c3cc4ccccc4cn3)C2)n1. The van der Waals surface area contributed by atoms with E-state index in [0.29, 0.717) is 17.3 Å². The summed E-state index contributed by atoms with van der Waals surface area (Å²) in [5.74, 6) is 0.140. The normalized spacial score (nSPS) is 17.8. The van der Waals surface area contributed by atoms with Gasteiger partial charge in [-0.1, -0.05) is 35.9 Å². The van der Waals surface area contributed by atoms with E-state index >= 15 is 0 Å². The number of likely N-dealkylation sites (tertiary alicyclic amines) is 1. The van der Waals surface area contributed by atoms with Gasteiger partial charge in [0.1, 0.15) is 0 Å². The Hall–Kier alpha value is -2.40. The first-order valence-corrected chi connectivity index (χ1v) is 8.83. The van der Waals surface area contributed by atoms with Crippen molar-refractivity contribution in [2.45, 2.75) is 18.8 Å². The Morgan fingerprint density at radius 3 is 2.84 bits per heavy atom. The number of benzene rings is 1. The van der Waals surface area contributed by atoms with Gasteiger partial charge in [0.15, 0.2) is 5.69 Å². The Morgan fingerprint density at radius 2 is 2.08 bits per heavy atom. The molecular weight excluding hydrogens is 336 g/mol. The second-order valence-electron chi connectivity index (χ2n) is 6.55. The van der Waals surface area contributed by atoms with Gasteiger partial charge in [-0.05, 0) is 24.3 Å². The summed E-state index contributed by atoms with van der Waals surface area (Å²) in [6.45, 7) is 1.38. The predicted octanol–water partition coefficient (Wildman–Crippen LogP) is 3.64. The largest absolute Gasteiger partial charge is 0.337 e. The number of pyridine rings is 1. The van der Waals surface area contributed by atoms with Crippen LogP contribution in [0.1, 0.15) is 34.9 Å². The third-order valence-electron chi connectivity index (χ3n) is 4.77. The van der Waals surface area contributed by atoms with Crippen molar-refractivity contribution >= 4 is 28.3 Å². The highest BCUT2D eigenvalue weighted by Crippen LogP contribution is 2.29. The molecule has 0 aliphatic carbocycles. The van der Waals surface area contributed by atoms with Crippen LogP contribution < -0.4 is 0 Å². The van der Waals surface area contributed by atoms with E-state index in [4.69, 9.17) is 11.6 Å². The molecule has 1 aliphatic rings. The van der Waals surface area contributed by atoms with Gasteiger partial charge >= 0.3 is 0 Å². The highest BCUT2D eigenvalue weighted by atomic mass is 35.5. The van der Waals surface area contributed by atoms with E-state index < -0.39 is 0 Å². The Kier molecular flexibility index (Phi) is 4.17. The molecule has 1 unspecified atom stereocenters. The summed E-state index contributed by atoms with van der Waals surface area (Å²) in [7, 11) is 1.76. The molecule has 1 saturated heterocycles. The van der Waals surface area contributed by atoms with E-state index in [2.05, 4.69) is 28.3 Å². The van der Waals surface area contributed by atoms with Crippen LogP contribution in [0.2, 0.25) is 5.02 Å². The monoisotopic (exact) mass is 354 g/mol. The molecule has 2 aromatic heterocycles. The van der Waals surface area contributed by atoms with Crippen molar-refractivity contribution < 1.29 is 4.79 Å². The van der Waals surface area contributed by atoms with Crippen molar-refractivity contribution in [3.05, 3.63) is 59.1 Å². The van der Waals surface area contributed by atoms with Crippen molar-refractivity contribution in [3.8, 4) is 0 Å². The van der Waals surface area contributed by atoms with Gasteiger partial charge in [0.25, 0.3) is 5.91 Å². The first kappa shape index (κ1) is 16.1. The third kappa shape index (κ3) is 3.12. The average molecular weight is 355 g/mol. The molecule has 0 spiro atoms. The summed E-state index contributed by atoms with van der Waals surface area (Å²) >= 11 is 6.13. The lowest BCUT2D eigenvalue weighted by molar-refractivity contribution is 0.0699. The van der Waals surface area contributed by atoms with E-state index in [1.807, 2.05) is 23.2 Å². The van der Waals surface area contributed by atoms with Crippen molar-refractivity contribution in [2.24, 2.45) is 7.05 Å². The second kappa shape index (κ2) is 6.48. The molecule has 3 heterocycles. The molecule has 5 nitrogen and oxygen atoms in total. The maximum absolute atomic E-state index is 12.8. The molecule has 0 N–H and O–H groups in total. The fraction of sp³-hybridized carbons (Fsp3) is 0.316. The number of halogens is 1. The van der Waals surface area contributed by atoms with E-state index in [1.165, 1.54) is 5.39 Å². The van der Waals surface area contributed by atoms with Crippen molar-refractivity contribution in [2.75, 3.05) is 13.1 Å². The van der Waals surface area contributed by atoms with Crippen LogP contribution >= 0.6 is 11.6 Å². The zero-order chi connectivity index (χ0) is 17.4. The van der Waals surface area contributed by atoms with Gasteiger partial charge in [-0.3, -0.25) is 14.5 Å². The Balaban J connectivity index is 1.57. The van der Waals surface area contributed by atoms with Crippen LogP contribution in [0.15, 0.2) is 42.7 Å². The van der Waals surface area contributed by atoms with Gasteiger partial charge in [-0.15, -0.1) is 0 Å². The zero-order valence-corrected chi connectivity index (χ0v) is 14.8. The number of nitrogens with zero attached hydrogens (tertiary/aromatic N) is 4. The van der Waals surface area contributed by atoms with Crippen LogP contribution in [-0.2, 0) is 7.05 Å². The molecule has 0 saturated carbocycles. The summed E-state index contributed by atoms with van der Waals surface area (Å²) in [6, 6.07) is 10.3. The average Bonchev–Trinajstić information content (AvgIpc) is 2.99. The Labute approximate surface area is 151 Å². The fourth-order valence-electron chi connectivity index (χ4n) is 3.48. The van der Waals surface area contributed by atoms with Crippen molar-refractivity contribution in [1.29, 1.82) is 0 Å². The summed E-state index contributed by atoms with van der Waals surface area (Å²) in [6.07, 6.45) is 5.56. The predicted molar refractivity (Wildman–Crippen MR) is 97.8 cm³/mol. The Bertz CT molecular complexity index is 936. The smallest absolute Gasteiger partial charge is 0.275 e. The number of amides is 1. The second-order valence-corrected chi connectivity index (χ2v) is 6.95. The van der Waals surface area contributed by atoms with E-state index in [1.54, 1.807) is 17.9 Å². The summed E-state index contributed by atoms with van der Waals surface area (Å²) < 4.78 is 1.57. The van der Waals surface area contributed by atoms with Gasteiger partial charge in [0, 0.05) is 49.5 Å². The number of rotatable bonds is 2. The van der Waals surface area contributed by atoms with Crippen molar-refractivity contribution in [3.63, 3.8) is 0 Å². The minimum Gasteiger partial charge on any atom is -0.337 e. The zero-order valence-electron chi connectivity index (χ0n) is 14.0. The maximum atomic E-state index is 12.8. The molecule has 1 fully saturated rings. The number of fused-ring (bicyclic) bond motifs is 1. The van der Waals surface area contributed by atoms with Crippen LogP contribution in [0.25, 0.3) is 10.8 Å². The molecule has 0 radical (unpaired) electrons. The Morgan fingerprint density at radius 1 is 1.28 bits per heavy atom. The van der Waals surface area contributed by atoms with Crippen molar-refractivity contribution in [1.82, 2.24) is 19.7 Å². The topological polar surface area (TPSA) is 51.0 Å². The highest BCUT2D eigenvalue weighted by Gasteiger charge is 2.28. The number of aromatic nitrogens is 3. The number of piperidine rings is 1. The molecule has 1 aromatic carbocycles. The molecule has 6 heteroatoms. The van der Waals surface area contributed by atoms with Gasteiger partial charge in [-0.2, -0.15) is 5.10 Å². The quantitative estimate of drug-likeness (QED) is 0.706. The molecule has 128 valence electrons. The molecule has 0 bridgehead atoms. The number of carbonyl (C=O) groups excluding carboxylic acids is 1. The van der Waals surface area contributed by atoms with Crippen LogP contribution in [0.3, 0.4) is 0 Å². The first-order valence-electron chi connectivity index (χ1n) is 8.45. The van der Waals surface area contributed by atoms with E-state index in [9.17, 15) is 4.79 Å². The lowest BCUT2D eigenvalue weighted by Crippen LogP contribution is -2.39. The number of carbonyl (C=O) groups is 1. The van der Waals surface area contributed by atoms with Crippen LogP contribution in [0.5, 0.6) is 0 Å². The molecule has 3 aromatic rings. The van der Waals surface area contributed by atoms with Gasteiger partial charge < -0.3 is 4.90 Å². The van der Waals surface area contributed by atoms with Gasteiger partial charge in [-0.25, -0.2) is 0 Å². The standard InChI is InChI=1S/C19H19ClN4O/c1-23-12-16(20)18(22-23)19(25)24-8-4-7-15(11-24)17-9-13-5-2-3-6-14(13)10-21-17/h2-3,5-6,9-10,12,15H,4,7-8,11H2,1H3. The van der Waals surface area contributed by atoms with Crippen LogP contribution in [0, 0.1) is 0 Å².